The molecule has 1 heterocycles. The first-order valence-corrected chi connectivity index (χ1v) is 7.72. The van der Waals surface area contributed by atoms with Crippen molar-refractivity contribution in [3.8, 4) is 0 Å². The van der Waals surface area contributed by atoms with Crippen LogP contribution in [0.2, 0.25) is 0 Å². The lowest BCUT2D eigenvalue weighted by atomic mass is 10.1. The first kappa shape index (κ1) is 15.9. The highest BCUT2D eigenvalue weighted by molar-refractivity contribution is 5.80. The summed E-state index contributed by atoms with van der Waals surface area (Å²) in [5.41, 5.74) is 3.01. The summed E-state index contributed by atoms with van der Waals surface area (Å²) in [6.07, 6.45) is -0.586. The molecule has 0 saturated heterocycles. The van der Waals surface area contributed by atoms with Crippen molar-refractivity contribution in [3.63, 3.8) is 0 Å². The lowest BCUT2D eigenvalue weighted by molar-refractivity contribution is -0.146. The summed E-state index contributed by atoms with van der Waals surface area (Å²) >= 11 is 0. The highest BCUT2D eigenvalue weighted by atomic mass is 16.6. The van der Waals surface area contributed by atoms with Crippen LogP contribution in [0.4, 0.5) is 5.69 Å². The van der Waals surface area contributed by atoms with Gasteiger partial charge in [-0.1, -0.05) is 30.3 Å². The Bertz CT molecular complexity index is 946. The van der Waals surface area contributed by atoms with Crippen molar-refractivity contribution >= 4 is 22.6 Å². The van der Waals surface area contributed by atoms with Crippen LogP contribution in [-0.4, -0.2) is 11.0 Å². The Morgan fingerprint density at radius 3 is 2.62 bits per heavy atom. The highest BCUT2D eigenvalue weighted by Gasteiger charge is 2.16. The van der Waals surface area contributed by atoms with E-state index in [-0.39, 0.29) is 5.97 Å². The first-order chi connectivity index (χ1) is 11.5. The summed E-state index contributed by atoms with van der Waals surface area (Å²) < 4.78 is 11.1. The zero-order chi connectivity index (χ0) is 17.1. The Morgan fingerprint density at radius 1 is 1.17 bits per heavy atom. The second-order valence-electron chi connectivity index (χ2n) is 5.53. The van der Waals surface area contributed by atoms with E-state index in [1.807, 2.05) is 55.5 Å². The van der Waals surface area contributed by atoms with E-state index in [1.165, 1.54) is 6.92 Å². The summed E-state index contributed by atoms with van der Waals surface area (Å²) in [4.78, 5) is 20.3. The van der Waals surface area contributed by atoms with E-state index in [0.29, 0.717) is 11.4 Å². The Hall–Kier alpha value is -2.95. The number of aryl methyl sites for hydroxylation is 1. The van der Waals surface area contributed by atoms with Crippen molar-refractivity contribution in [1.29, 1.82) is 0 Å². The second kappa shape index (κ2) is 6.66. The Labute approximate surface area is 139 Å². The monoisotopic (exact) mass is 322 g/mol. The van der Waals surface area contributed by atoms with Crippen LogP contribution in [0, 0.1) is 6.92 Å². The molecule has 5 nitrogen and oxygen atoms in total. The minimum atomic E-state index is -0.586. The minimum Gasteiger partial charge on any atom is -0.453 e. The number of carbonyl (C=O) groups excluding carboxylic acids is 1. The number of hydrogen-bond acceptors (Lipinski definition) is 5. The van der Waals surface area contributed by atoms with Crippen molar-refractivity contribution in [1.82, 2.24) is 4.98 Å². The summed E-state index contributed by atoms with van der Waals surface area (Å²) in [7, 11) is 0. The van der Waals surface area contributed by atoms with Gasteiger partial charge >= 0.3 is 5.97 Å². The van der Waals surface area contributed by atoms with Crippen molar-refractivity contribution < 1.29 is 13.9 Å². The predicted molar refractivity (Wildman–Crippen MR) is 90.6 cm³/mol. The van der Waals surface area contributed by atoms with Gasteiger partial charge in [-0.3, -0.25) is 4.79 Å². The van der Waals surface area contributed by atoms with Crippen LogP contribution in [0.5, 0.6) is 0 Å². The van der Waals surface area contributed by atoms with E-state index in [1.54, 1.807) is 6.92 Å². The average Bonchev–Trinajstić information content (AvgIpc) is 2.55. The molecule has 0 aliphatic heterocycles. The van der Waals surface area contributed by atoms with E-state index in [9.17, 15) is 4.79 Å². The molecule has 0 unspecified atom stereocenters. The number of hydrogen-bond donors (Lipinski definition) is 0. The molecule has 0 bridgehead atoms. The fraction of sp³-hybridized carbons (Fsp3) is 0.211. The second-order valence-corrected chi connectivity index (χ2v) is 5.53. The van der Waals surface area contributed by atoms with Crippen LogP contribution in [0.3, 0.4) is 0 Å². The van der Waals surface area contributed by atoms with E-state index >= 15 is 0 Å². The fourth-order valence-corrected chi connectivity index (χ4v) is 2.49. The summed E-state index contributed by atoms with van der Waals surface area (Å²) in [6, 6.07) is 15.4. The molecular formula is C19H18N2O3. The third-order valence-corrected chi connectivity index (χ3v) is 3.57. The molecule has 0 aliphatic rings. The molecule has 3 rings (SSSR count). The van der Waals surface area contributed by atoms with Gasteiger partial charge in [0.25, 0.3) is 0 Å². The van der Waals surface area contributed by atoms with Gasteiger partial charge in [0.1, 0.15) is 0 Å². The third kappa shape index (κ3) is 3.35. The Morgan fingerprint density at radius 2 is 1.92 bits per heavy atom. The molecule has 0 amide bonds. The molecular weight excluding hydrogens is 304 g/mol. The van der Waals surface area contributed by atoms with Crippen LogP contribution < -0.4 is 5.55 Å². The van der Waals surface area contributed by atoms with Crippen LogP contribution in [-0.2, 0) is 9.53 Å². The molecule has 5 heteroatoms. The number of aromatic nitrogens is 1. The van der Waals surface area contributed by atoms with Crippen LogP contribution >= 0.6 is 0 Å². The summed E-state index contributed by atoms with van der Waals surface area (Å²) in [6.45, 7) is 5.07. The number of carbonyl (C=O) groups is 1. The van der Waals surface area contributed by atoms with E-state index in [4.69, 9.17) is 9.15 Å². The van der Waals surface area contributed by atoms with Gasteiger partial charge in [-0.15, -0.1) is 0 Å². The van der Waals surface area contributed by atoms with Gasteiger partial charge < -0.3 is 9.15 Å². The maximum Gasteiger partial charge on any atom is 0.303 e. The number of ether oxygens (including phenoxy) is 1. The highest BCUT2D eigenvalue weighted by Crippen LogP contribution is 2.19. The molecule has 1 aromatic heterocycles. The van der Waals surface area contributed by atoms with Gasteiger partial charge in [-0.25, -0.2) is 9.98 Å². The summed E-state index contributed by atoms with van der Waals surface area (Å²) in [5.74, 6) is -0.0663. The maximum atomic E-state index is 11.2. The molecule has 0 fully saturated rings. The average molecular weight is 322 g/mol. The zero-order valence-corrected chi connectivity index (χ0v) is 13.8. The van der Waals surface area contributed by atoms with Crippen LogP contribution in [0.15, 0.2) is 57.9 Å². The van der Waals surface area contributed by atoms with Gasteiger partial charge in [0.15, 0.2) is 6.10 Å². The number of para-hydroxylation sites is 1. The Balaban J connectivity index is 2.25. The normalized spacial score (nSPS) is 13.0. The molecule has 2 aromatic carbocycles. The molecule has 122 valence electrons. The molecule has 0 spiro atoms. The molecule has 1 atom stereocenters. The van der Waals surface area contributed by atoms with Crippen molar-refractivity contribution in [2.45, 2.75) is 26.9 Å². The number of fused-ring (bicyclic) bond motifs is 1. The van der Waals surface area contributed by atoms with Gasteiger partial charge in [-0.2, -0.15) is 0 Å². The van der Waals surface area contributed by atoms with E-state index < -0.39 is 6.10 Å². The molecule has 0 N–H and O–H groups in total. The zero-order valence-electron chi connectivity index (χ0n) is 13.8. The lowest BCUT2D eigenvalue weighted by Crippen LogP contribution is -2.13. The van der Waals surface area contributed by atoms with Gasteiger partial charge in [0.2, 0.25) is 11.4 Å². The van der Waals surface area contributed by atoms with Crippen LogP contribution in [0.25, 0.3) is 10.9 Å². The number of nitrogens with zero attached hydrogens (tertiary/aromatic N) is 2. The van der Waals surface area contributed by atoms with Gasteiger partial charge in [0, 0.05) is 6.92 Å². The van der Waals surface area contributed by atoms with Crippen LogP contribution in [0.1, 0.15) is 31.4 Å². The Kier molecular flexibility index (Phi) is 4.42. The van der Waals surface area contributed by atoms with E-state index in [2.05, 4.69) is 9.98 Å². The quantitative estimate of drug-likeness (QED) is 0.684. The molecule has 3 aromatic rings. The van der Waals surface area contributed by atoms with Gasteiger partial charge in [0.05, 0.1) is 16.6 Å². The van der Waals surface area contributed by atoms with Crippen molar-refractivity contribution in [3.05, 3.63) is 65.5 Å². The molecule has 0 saturated carbocycles. The number of esters is 1. The number of rotatable bonds is 3. The first-order valence-electron chi connectivity index (χ1n) is 7.72. The van der Waals surface area contributed by atoms with Crippen molar-refractivity contribution in [2.24, 2.45) is 4.99 Å². The SMILES string of the molecule is CC(=O)O[C@@H](C)c1nc2cccc(C)c2c(=Nc2ccccc2)o1. The standard InChI is InChI=1S/C19H18N2O3/c1-12-8-7-11-16-17(12)19(20-15-9-5-4-6-10-15)24-18(21-16)13(2)23-14(3)22/h4-11,13H,1-3H3/t13-/m0/s1. The summed E-state index contributed by atoms with van der Waals surface area (Å²) in [5, 5.41) is 0.847. The fourth-order valence-electron chi connectivity index (χ4n) is 2.49. The largest absolute Gasteiger partial charge is 0.453 e. The third-order valence-electron chi connectivity index (χ3n) is 3.57. The van der Waals surface area contributed by atoms with Gasteiger partial charge in [-0.05, 0) is 37.6 Å². The smallest absolute Gasteiger partial charge is 0.303 e. The predicted octanol–water partition coefficient (Wildman–Crippen LogP) is 3.99. The topological polar surface area (TPSA) is 64.7 Å². The van der Waals surface area contributed by atoms with E-state index in [0.717, 1.165) is 22.2 Å². The molecule has 0 radical (unpaired) electrons. The lowest BCUT2D eigenvalue weighted by Gasteiger charge is -2.11. The molecule has 0 aliphatic carbocycles. The molecule has 24 heavy (non-hydrogen) atoms. The maximum absolute atomic E-state index is 11.2. The van der Waals surface area contributed by atoms with Crippen molar-refractivity contribution in [2.75, 3.05) is 0 Å². The minimum absolute atomic E-state index is 0.318. The number of benzene rings is 2.